The number of anilines is 1. The second-order valence-corrected chi connectivity index (χ2v) is 9.44. The summed E-state index contributed by atoms with van der Waals surface area (Å²) < 4.78 is 22.5. The lowest BCUT2D eigenvalue weighted by Gasteiger charge is -2.35. The number of benzene rings is 1. The van der Waals surface area contributed by atoms with Crippen molar-refractivity contribution in [1.82, 2.24) is 9.80 Å². The highest BCUT2D eigenvalue weighted by molar-refractivity contribution is 7.90. The van der Waals surface area contributed by atoms with E-state index in [4.69, 9.17) is 0 Å². The van der Waals surface area contributed by atoms with Gasteiger partial charge in [-0.3, -0.25) is 9.69 Å². The van der Waals surface area contributed by atoms with Crippen molar-refractivity contribution < 1.29 is 13.2 Å². The average Bonchev–Trinajstić information content (AvgIpc) is 2.95. The van der Waals surface area contributed by atoms with Crippen LogP contribution < -0.4 is 4.90 Å². The quantitative estimate of drug-likeness (QED) is 0.743. The van der Waals surface area contributed by atoms with Crippen molar-refractivity contribution in [3.63, 3.8) is 0 Å². The minimum atomic E-state index is -2.89. The van der Waals surface area contributed by atoms with E-state index in [9.17, 15) is 13.2 Å². The minimum absolute atomic E-state index is 0.211. The molecule has 0 unspecified atom stereocenters. The van der Waals surface area contributed by atoms with Crippen molar-refractivity contribution in [2.75, 3.05) is 62.7 Å². The van der Waals surface area contributed by atoms with Crippen molar-refractivity contribution in [1.29, 1.82) is 0 Å². The van der Waals surface area contributed by atoms with Crippen LogP contribution in [0.15, 0.2) is 30.3 Å². The first-order valence-electron chi connectivity index (χ1n) is 8.88. The maximum absolute atomic E-state index is 12.3. The largest absolute Gasteiger partial charge is 0.312 e. The van der Waals surface area contributed by atoms with Crippen LogP contribution in [0.5, 0.6) is 0 Å². The Morgan fingerprint density at radius 2 is 1.68 bits per heavy atom. The van der Waals surface area contributed by atoms with Gasteiger partial charge in [0.1, 0.15) is 9.84 Å². The summed E-state index contributed by atoms with van der Waals surface area (Å²) in [6, 6.07) is 9.86. The topological polar surface area (TPSA) is 60.9 Å². The summed E-state index contributed by atoms with van der Waals surface area (Å²) in [6.45, 7) is 6.04. The molecule has 0 radical (unpaired) electrons. The van der Waals surface area contributed by atoms with E-state index in [0.29, 0.717) is 18.9 Å². The van der Waals surface area contributed by atoms with E-state index in [0.717, 1.165) is 45.0 Å². The van der Waals surface area contributed by atoms with Crippen LogP contribution in [0.3, 0.4) is 0 Å². The molecule has 25 heavy (non-hydrogen) atoms. The van der Waals surface area contributed by atoms with Crippen molar-refractivity contribution in [3.8, 4) is 0 Å². The zero-order valence-corrected chi connectivity index (χ0v) is 15.6. The lowest BCUT2D eigenvalue weighted by molar-refractivity contribution is -0.117. The second kappa shape index (κ2) is 7.85. The van der Waals surface area contributed by atoms with Crippen molar-refractivity contribution in [2.24, 2.45) is 5.92 Å². The Balaban J connectivity index is 1.45. The van der Waals surface area contributed by atoms with Gasteiger partial charge in [-0.2, -0.15) is 0 Å². The van der Waals surface area contributed by atoms with Gasteiger partial charge in [0.05, 0.1) is 5.75 Å². The maximum Gasteiger partial charge on any atom is 0.227 e. The number of amides is 1. The Hall–Kier alpha value is -1.44. The van der Waals surface area contributed by atoms with Crippen molar-refractivity contribution >= 4 is 21.4 Å². The van der Waals surface area contributed by atoms with Crippen LogP contribution in [0.25, 0.3) is 0 Å². The van der Waals surface area contributed by atoms with Crippen molar-refractivity contribution in [2.45, 2.75) is 6.42 Å². The van der Waals surface area contributed by atoms with Crippen LogP contribution in [-0.4, -0.2) is 81.9 Å². The average molecular weight is 365 g/mol. The first-order valence-corrected chi connectivity index (χ1v) is 10.9. The van der Waals surface area contributed by atoms with Crippen LogP contribution in [0.1, 0.15) is 6.42 Å². The SMILES string of the molecule is CS(=O)(=O)CCN1CCN(C[C@@H]2CC(=O)N(c3ccccc3)C2)CC1. The van der Waals surface area contributed by atoms with Crippen LogP contribution >= 0.6 is 0 Å². The molecule has 0 spiro atoms. The second-order valence-electron chi connectivity index (χ2n) is 7.18. The van der Waals surface area contributed by atoms with Crippen LogP contribution in [0.2, 0.25) is 0 Å². The predicted molar refractivity (Wildman–Crippen MR) is 99.5 cm³/mol. The highest BCUT2D eigenvalue weighted by atomic mass is 32.2. The lowest BCUT2D eigenvalue weighted by atomic mass is 10.1. The summed E-state index contributed by atoms with van der Waals surface area (Å²) in [5.74, 6) is 0.814. The number of rotatable bonds is 6. The molecule has 2 saturated heterocycles. The van der Waals surface area contributed by atoms with Gasteiger partial charge in [0, 0.05) is 64.2 Å². The fourth-order valence-electron chi connectivity index (χ4n) is 3.62. The van der Waals surface area contributed by atoms with E-state index in [2.05, 4.69) is 9.80 Å². The van der Waals surface area contributed by atoms with Gasteiger partial charge in [-0.1, -0.05) is 18.2 Å². The van der Waals surface area contributed by atoms with Gasteiger partial charge in [-0.05, 0) is 18.1 Å². The molecule has 0 saturated carbocycles. The van der Waals surface area contributed by atoms with Gasteiger partial charge in [-0.15, -0.1) is 0 Å². The van der Waals surface area contributed by atoms with E-state index in [-0.39, 0.29) is 11.7 Å². The van der Waals surface area contributed by atoms with Gasteiger partial charge >= 0.3 is 0 Å². The molecule has 0 aliphatic carbocycles. The number of sulfone groups is 1. The number of para-hydroxylation sites is 1. The first kappa shape index (κ1) is 18.4. The van der Waals surface area contributed by atoms with Crippen LogP contribution in [0, 0.1) is 5.92 Å². The van der Waals surface area contributed by atoms with E-state index < -0.39 is 9.84 Å². The number of piperazine rings is 1. The molecule has 1 aromatic rings. The molecule has 7 heteroatoms. The van der Waals surface area contributed by atoms with Gasteiger partial charge in [-0.25, -0.2) is 8.42 Å². The Kier molecular flexibility index (Phi) is 5.76. The van der Waals surface area contributed by atoms with Gasteiger partial charge < -0.3 is 9.80 Å². The number of carbonyl (C=O) groups excluding carboxylic acids is 1. The molecule has 138 valence electrons. The monoisotopic (exact) mass is 365 g/mol. The summed E-state index contributed by atoms with van der Waals surface area (Å²) in [6.07, 6.45) is 1.90. The van der Waals surface area contributed by atoms with Crippen molar-refractivity contribution in [3.05, 3.63) is 30.3 Å². The highest BCUT2D eigenvalue weighted by Gasteiger charge is 2.32. The molecule has 0 N–H and O–H groups in total. The molecule has 2 aliphatic rings. The third-order valence-corrected chi connectivity index (χ3v) is 5.96. The summed E-state index contributed by atoms with van der Waals surface area (Å²) >= 11 is 0. The number of hydrogen-bond donors (Lipinski definition) is 0. The third kappa shape index (κ3) is 5.26. The molecule has 2 aliphatic heterocycles. The lowest BCUT2D eigenvalue weighted by Crippen LogP contribution is -2.48. The zero-order valence-electron chi connectivity index (χ0n) is 14.8. The van der Waals surface area contributed by atoms with Crippen LogP contribution in [0.4, 0.5) is 5.69 Å². The molecule has 3 rings (SSSR count). The molecular weight excluding hydrogens is 338 g/mol. The van der Waals surface area contributed by atoms with E-state index in [1.54, 1.807) is 0 Å². The molecule has 6 nitrogen and oxygen atoms in total. The third-order valence-electron chi connectivity index (χ3n) is 5.03. The maximum atomic E-state index is 12.3. The molecule has 1 amide bonds. The Morgan fingerprint density at radius 3 is 2.32 bits per heavy atom. The molecule has 1 atom stereocenters. The summed E-state index contributed by atoms with van der Waals surface area (Å²) in [7, 11) is -2.89. The molecule has 1 aromatic carbocycles. The Bertz CT molecular complexity index is 685. The molecule has 2 heterocycles. The van der Waals surface area contributed by atoms with Crippen LogP contribution in [-0.2, 0) is 14.6 Å². The molecule has 0 bridgehead atoms. The first-order chi connectivity index (χ1) is 11.9. The number of carbonyl (C=O) groups is 1. The van der Waals surface area contributed by atoms with E-state index in [1.165, 1.54) is 6.26 Å². The molecule has 2 fully saturated rings. The normalized spacial score (nSPS) is 23.3. The standard InChI is InChI=1S/C18H27N3O3S/c1-25(23,24)12-11-19-7-9-20(10-8-19)14-16-13-18(22)21(15-16)17-5-3-2-4-6-17/h2-6,16H,7-15H2,1H3/t16-/m0/s1. The Labute approximate surface area is 150 Å². The zero-order chi connectivity index (χ0) is 17.9. The smallest absolute Gasteiger partial charge is 0.227 e. The molecular formula is C18H27N3O3S. The number of nitrogens with zero attached hydrogens (tertiary/aromatic N) is 3. The number of hydrogen-bond acceptors (Lipinski definition) is 5. The molecule has 0 aromatic heterocycles. The Morgan fingerprint density at radius 1 is 1.04 bits per heavy atom. The summed E-state index contributed by atoms with van der Waals surface area (Å²) in [5.41, 5.74) is 0.987. The van der Waals surface area contributed by atoms with Gasteiger partial charge in [0.25, 0.3) is 0 Å². The fraction of sp³-hybridized carbons (Fsp3) is 0.611. The fourth-order valence-corrected chi connectivity index (χ4v) is 4.21. The minimum Gasteiger partial charge on any atom is -0.312 e. The predicted octanol–water partition coefficient (Wildman–Crippen LogP) is 0.702. The highest BCUT2D eigenvalue weighted by Crippen LogP contribution is 2.25. The van der Waals surface area contributed by atoms with Gasteiger partial charge in [0.2, 0.25) is 5.91 Å². The van der Waals surface area contributed by atoms with E-state index in [1.807, 2.05) is 35.2 Å². The van der Waals surface area contributed by atoms with Gasteiger partial charge in [0.15, 0.2) is 0 Å². The van der Waals surface area contributed by atoms with E-state index >= 15 is 0 Å². The summed E-state index contributed by atoms with van der Waals surface area (Å²) in [5, 5.41) is 0. The summed E-state index contributed by atoms with van der Waals surface area (Å²) in [4.78, 5) is 18.8.